The standard InChI is InChI=1S/C7H17NO/c1-4-7(8,5-2)6(3)9/h6,9H,4-5,8H2,1-3H3. The normalized spacial score (nSPS) is 15.7. The Morgan fingerprint density at radius 2 is 1.78 bits per heavy atom. The Bertz CT molecular complexity index is 77.0. The van der Waals surface area contributed by atoms with Crippen LogP contribution >= 0.6 is 0 Å². The molecule has 0 fully saturated rings. The second-order valence-electron chi connectivity index (χ2n) is 2.62. The molecule has 0 aliphatic rings. The molecule has 0 aliphatic heterocycles. The van der Waals surface area contributed by atoms with Gasteiger partial charge in [-0.1, -0.05) is 13.8 Å². The van der Waals surface area contributed by atoms with Gasteiger partial charge in [-0.25, -0.2) is 0 Å². The number of rotatable bonds is 3. The van der Waals surface area contributed by atoms with Crippen LogP contribution in [0.3, 0.4) is 0 Å². The molecule has 2 heteroatoms. The lowest BCUT2D eigenvalue weighted by Crippen LogP contribution is -2.48. The maximum absolute atomic E-state index is 9.15. The smallest absolute Gasteiger partial charge is 0.0691 e. The highest BCUT2D eigenvalue weighted by molar-refractivity contribution is 4.85. The second kappa shape index (κ2) is 3.18. The molecule has 0 bridgehead atoms. The van der Waals surface area contributed by atoms with Crippen molar-refractivity contribution >= 4 is 0 Å². The summed E-state index contributed by atoms with van der Waals surface area (Å²) >= 11 is 0. The van der Waals surface area contributed by atoms with Gasteiger partial charge in [-0.3, -0.25) is 0 Å². The zero-order valence-corrected chi connectivity index (χ0v) is 6.52. The summed E-state index contributed by atoms with van der Waals surface area (Å²) < 4.78 is 0. The first kappa shape index (κ1) is 8.92. The quantitative estimate of drug-likeness (QED) is 0.597. The summed E-state index contributed by atoms with van der Waals surface area (Å²) in [5, 5.41) is 9.15. The van der Waals surface area contributed by atoms with Crippen molar-refractivity contribution in [3.05, 3.63) is 0 Å². The fourth-order valence-electron chi connectivity index (χ4n) is 0.841. The summed E-state index contributed by atoms with van der Waals surface area (Å²) in [5.74, 6) is 0. The number of hydrogen-bond donors (Lipinski definition) is 2. The van der Waals surface area contributed by atoms with E-state index in [2.05, 4.69) is 0 Å². The van der Waals surface area contributed by atoms with E-state index < -0.39 is 6.10 Å². The Hall–Kier alpha value is -0.0800. The van der Waals surface area contributed by atoms with E-state index >= 15 is 0 Å². The first-order valence-corrected chi connectivity index (χ1v) is 3.53. The Labute approximate surface area is 57.1 Å². The lowest BCUT2D eigenvalue weighted by atomic mass is 9.89. The largest absolute Gasteiger partial charge is 0.392 e. The van der Waals surface area contributed by atoms with E-state index in [9.17, 15) is 0 Å². The molecule has 0 spiro atoms. The van der Waals surface area contributed by atoms with Crippen molar-refractivity contribution in [2.75, 3.05) is 0 Å². The van der Waals surface area contributed by atoms with Crippen LogP contribution < -0.4 is 5.73 Å². The molecule has 9 heavy (non-hydrogen) atoms. The van der Waals surface area contributed by atoms with Gasteiger partial charge < -0.3 is 10.8 Å². The van der Waals surface area contributed by atoms with E-state index in [1.807, 2.05) is 13.8 Å². The van der Waals surface area contributed by atoms with Crippen molar-refractivity contribution in [3.8, 4) is 0 Å². The average Bonchev–Trinajstić information content (AvgIpc) is 1.86. The summed E-state index contributed by atoms with van der Waals surface area (Å²) in [5.41, 5.74) is 5.43. The summed E-state index contributed by atoms with van der Waals surface area (Å²) in [6.45, 7) is 5.74. The van der Waals surface area contributed by atoms with Gasteiger partial charge in [0.15, 0.2) is 0 Å². The maximum atomic E-state index is 9.15. The molecule has 0 saturated heterocycles. The third-order valence-electron chi connectivity index (χ3n) is 2.15. The van der Waals surface area contributed by atoms with Crippen LogP contribution in [0.15, 0.2) is 0 Å². The van der Waals surface area contributed by atoms with Crippen molar-refractivity contribution in [3.63, 3.8) is 0 Å². The van der Waals surface area contributed by atoms with Crippen LogP contribution in [0.1, 0.15) is 33.6 Å². The fraction of sp³-hybridized carbons (Fsp3) is 1.00. The van der Waals surface area contributed by atoms with Crippen molar-refractivity contribution in [2.24, 2.45) is 5.73 Å². The number of aliphatic hydroxyl groups excluding tert-OH is 1. The molecule has 0 aromatic carbocycles. The van der Waals surface area contributed by atoms with Crippen LogP contribution in [0.4, 0.5) is 0 Å². The second-order valence-corrected chi connectivity index (χ2v) is 2.62. The number of nitrogens with two attached hydrogens (primary N) is 1. The SMILES string of the molecule is CCC(N)(CC)C(C)O. The van der Waals surface area contributed by atoms with E-state index in [0.29, 0.717) is 0 Å². The Morgan fingerprint density at radius 1 is 1.44 bits per heavy atom. The van der Waals surface area contributed by atoms with Crippen LogP contribution in [0.25, 0.3) is 0 Å². The van der Waals surface area contributed by atoms with Crippen molar-refractivity contribution in [1.29, 1.82) is 0 Å². The molecule has 0 aromatic heterocycles. The van der Waals surface area contributed by atoms with Crippen molar-refractivity contribution < 1.29 is 5.11 Å². The maximum Gasteiger partial charge on any atom is 0.0691 e. The zero-order chi connectivity index (χ0) is 7.49. The predicted octanol–water partition coefficient (Wildman–Crippen LogP) is 0.885. The molecule has 2 nitrogen and oxygen atoms in total. The molecule has 3 N–H and O–H groups in total. The Morgan fingerprint density at radius 3 is 1.78 bits per heavy atom. The molecule has 56 valence electrons. The van der Waals surface area contributed by atoms with E-state index in [4.69, 9.17) is 10.8 Å². The van der Waals surface area contributed by atoms with Crippen LogP contribution in [0, 0.1) is 0 Å². The van der Waals surface area contributed by atoms with Gasteiger partial charge in [0.1, 0.15) is 0 Å². The highest BCUT2D eigenvalue weighted by Crippen LogP contribution is 2.15. The lowest BCUT2D eigenvalue weighted by molar-refractivity contribution is 0.0946. The summed E-state index contributed by atoms with van der Waals surface area (Å²) in [4.78, 5) is 0. The van der Waals surface area contributed by atoms with E-state index in [1.165, 1.54) is 0 Å². The minimum Gasteiger partial charge on any atom is -0.392 e. The summed E-state index contributed by atoms with van der Waals surface area (Å²) in [7, 11) is 0. The molecule has 0 saturated carbocycles. The highest BCUT2D eigenvalue weighted by Gasteiger charge is 2.25. The van der Waals surface area contributed by atoms with E-state index in [0.717, 1.165) is 12.8 Å². The van der Waals surface area contributed by atoms with Crippen LogP contribution in [-0.4, -0.2) is 16.7 Å². The summed E-state index contributed by atoms with van der Waals surface area (Å²) in [6.07, 6.45) is 1.27. The molecular weight excluding hydrogens is 114 g/mol. The minimum atomic E-state index is -0.396. The van der Waals surface area contributed by atoms with Crippen LogP contribution in [0.2, 0.25) is 0 Å². The van der Waals surface area contributed by atoms with Crippen molar-refractivity contribution in [2.45, 2.75) is 45.3 Å². The van der Waals surface area contributed by atoms with E-state index in [-0.39, 0.29) is 5.54 Å². The zero-order valence-electron chi connectivity index (χ0n) is 6.52. The Kier molecular flexibility index (Phi) is 3.15. The average molecular weight is 131 g/mol. The molecule has 0 amide bonds. The van der Waals surface area contributed by atoms with Gasteiger partial charge in [-0.2, -0.15) is 0 Å². The first-order valence-electron chi connectivity index (χ1n) is 3.53. The molecule has 0 aliphatic carbocycles. The molecule has 0 heterocycles. The topological polar surface area (TPSA) is 46.2 Å². The molecule has 1 atom stereocenters. The summed E-state index contributed by atoms with van der Waals surface area (Å²) in [6, 6.07) is 0. The van der Waals surface area contributed by atoms with Gasteiger partial charge in [0.05, 0.1) is 6.10 Å². The molecule has 0 radical (unpaired) electrons. The van der Waals surface area contributed by atoms with Gasteiger partial charge >= 0.3 is 0 Å². The lowest BCUT2D eigenvalue weighted by Gasteiger charge is -2.29. The van der Waals surface area contributed by atoms with Crippen molar-refractivity contribution in [1.82, 2.24) is 0 Å². The van der Waals surface area contributed by atoms with Gasteiger partial charge in [0.2, 0.25) is 0 Å². The van der Waals surface area contributed by atoms with Gasteiger partial charge in [-0.05, 0) is 19.8 Å². The van der Waals surface area contributed by atoms with E-state index in [1.54, 1.807) is 6.92 Å². The minimum absolute atomic E-state index is 0.361. The third kappa shape index (κ3) is 1.95. The molecular formula is C7H17NO. The molecule has 0 rings (SSSR count). The number of hydrogen-bond acceptors (Lipinski definition) is 2. The predicted molar refractivity (Wildman–Crippen MR) is 39.2 cm³/mol. The fourth-order valence-corrected chi connectivity index (χ4v) is 0.841. The Balaban J connectivity index is 3.92. The van der Waals surface area contributed by atoms with Gasteiger partial charge in [-0.15, -0.1) is 0 Å². The van der Waals surface area contributed by atoms with Crippen LogP contribution in [-0.2, 0) is 0 Å². The van der Waals surface area contributed by atoms with Gasteiger partial charge in [0.25, 0.3) is 0 Å². The monoisotopic (exact) mass is 131 g/mol. The third-order valence-corrected chi connectivity index (χ3v) is 2.15. The molecule has 0 aromatic rings. The van der Waals surface area contributed by atoms with Crippen LogP contribution in [0.5, 0.6) is 0 Å². The molecule has 1 unspecified atom stereocenters. The van der Waals surface area contributed by atoms with Gasteiger partial charge in [0, 0.05) is 5.54 Å². The first-order chi connectivity index (χ1) is 4.06. The highest BCUT2D eigenvalue weighted by atomic mass is 16.3. The number of aliphatic hydroxyl groups is 1.